The number of fused-ring (bicyclic) bond motifs is 1. The van der Waals surface area contributed by atoms with Gasteiger partial charge in [0, 0.05) is 12.2 Å². The molecule has 1 unspecified atom stereocenters. The van der Waals surface area contributed by atoms with Crippen LogP contribution in [0.3, 0.4) is 0 Å². The molecule has 1 aromatic heterocycles. The van der Waals surface area contributed by atoms with Gasteiger partial charge >= 0.3 is 6.18 Å². The molecule has 25 heavy (non-hydrogen) atoms. The maximum absolute atomic E-state index is 12.5. The number of amides is 2. The summed E-state index contributed by atoms with van der Waals surface area (Å²) in [5, 5.41) is 2.55. The lowest BCUT2D eigenvalue weighted by atomic mass is 9.96. The van der Waals surface area contributed by atoms with Crippen LogP contribution in [0, 0.1) is 0 Å². The van der Waals surface area contributed by atoms with E-state index in [1.807, 2.05) is 6.07 Å². The van der Waals surface area contributed by atoms with E-state index in [1.165, 1.54) is 0 Å². The summed E-state index contributed by atoms with van der Waals surface area (Å²) in [6.45, 7) is -1.23. The van der Waals surface area contributed by atoms with E-state index in [2.05, 4.69) is 10.3 Å². The number of carbonyl (C=O) groups is 2. The highest BCUT2D eigenvalue weighted by atomic mass is 19.4. The normalized spacial score (nSPS) is 21.0. The van der Waals surface area contributed by atoms with Gasteiger partial charge in [0.15, 0.2) is 0 Å². The van der Waals surface area contributed by atoms with Crippen LogP contribution in [-0.2, 0) is 17.6 Å². The third-order valence-corrected chi connectivity index (χ3v) is 4.62. The Morgan fingerprint density at radius 2 is 2.00 bits per heavy atom. The van der Waals surface area contributed by atoms with E-state index in [0.717, 1.165) is 41.8 Å². The third kappa shape index (κ3) is 4.29. The first-order valence-electron chi connectivity index (χ1n) is 8.49. The quantitative estimate of drug-likeness (QED) is 0.905. The topological polar surface area (TPSA) is 62.3 Å². The number of aromatic nitrogens is 1. The molecule has 1 aromatic rings. The SMILES string of the molecule is O=C(NC1CCCN(CC(F)(F)F)C1=O)c1ccc2c(n1)CCCC2. The molecule has 2 heterocycles. The molecule has 8 heteroatoms. The van der Waals surface area contributed by atoms with Gasteiger partial charge in [-0.15, -0.1) is 0 Å². The number of nitrogens with zero attached hydrogens (tertiary/aromatic N) is 2. The summed E-state index contributed by atoms with van der Waals surface area (Å²) < 4.78 is 37.6. The van der Waals surface area contributed by atoms with Crippen LogP contribution in [0.5, 0.6) is 0 Å². The molecule has 1 N–H and O–H groups in total. The number of alkyl halides is 3. The summed E-state index contributed by atoms with van der Waals surface area (Å²) in [7, 11) is 0. The monoisotopic (exact) mass is 355 g/mol. The summed E-state index contributed by atoms with van der Waals surface area (Å²) in [5.41, 5.74) is 2.24. The molecule has 3 rings (SSSR count). The molecule has 136 valence electrons. The van der Waals surface area contributed by atoms with Crippen molar-refractivity contribution in [2.75, 3.05) is 13.1 Å². The van der Waals surface area contributed by atoms with Crippen LogP contribution in [0.1, 0.15) is 47.4 Å². The number of carbonyl (C=O) groups excluding carboxylic acids is 2. The summed E-state index contributed by atoms with van der Waals surface area (Å²) >= 11 is 0. The fourth-order valence-electron chi connectivity index (χ4n) is 3.39. The number of piperidine rings is 1. The molecular formula is C17H20F3N3O2. The molecule has 1 fully saturated rings. The lowest BCUT2D eigenvalue weighted by Gasteiger charge is -2.33. The van der Waals surface area contributed by atoms with Crippen LogP contribution in [0.15, 0.2) is 12.1 Å². The highest BCUT2D eigenvalue weighted by molar-refractivity contribution is 5.96. The second kappa shape index (κ2) is 7.01. The van der Waals surface area contributed by atoms with Crippen LogP contribution >= 0.6 is 0 Å². The molecule has 1 aliphatic carbocycles. The molecule has 2 aliphatic rings. The zero-order chi connectivity index (χ0) is 18.0. The second-order valence-corrected chi connectivity index (χ2v) is 6.55. The summed E-state index contributed by atoms with van der Waals surface area (Å²) in [6.07, 6.45) is 0.205. The molecule has 0 aromatic carbocycles. The minimum absolute atomic E-state index is 0.0574. The first-order chi connectivity index (χ1) is 11.8. The zero-order valence-electron chi connectivity index (χ0n) is 13.7. The van der Waals surface area contributed by atoms with Gasteiger partial charge in [0.2, 0.25) is 5.91 Å². The molecule has 1 saturated heterocycles. The number of hydrogen-bond acceptors (Lipinski definition) is 3. The molecule has 0 radical (unpaired) electrons. The van der Waals surface area contributed by atoms with Crippen molar-refractivity contribution in [2.24, 2.45) is 0 Å². The molecular weight excluding hydrogens is 335 g/mol. The number of nitrogens with one attached hydrogen (secondary N) is 1. The van der Waals surface area contributed by atoms with Crippen molar-refractivity contribution in [1.82, 2.24) is 15.2 Å². The average Bonchev–Trinajstić information content (AvgIpc) is 2.57. The lowest BCUT2D eigenvalue weighted by Crippen LogP contribution is -2.54. The Morgan fingerprint density at radius 1 is 1.24 bits per heavy atom. The van der Waals surface area contributed by atoms with Gasteiger partial charge < -0.3 is 10.2 Å². The highest BCUT2D eigenvalue weighted by Gasteiger charge is 2.38. The number of pyridine rings is 1. The van der Waals surface area contributed by atoms with Gasteiger partial charge in [0.1, 0.15) is 18.3 Å². The predicted octanol–water partition coefficient (Wildman–Crippen LogP) is 2.24. The molecule has 1 atom stereocenters. The van der Waals surface area contributed by atoms with Gasteiger partial charge in [-0.05, 0) is 50.2 Å². The van der Waals surface area contributed by atoms with Gasteiger partial charge in [0.05, 0.1) is 0 Å². The van der Waals surface area contributed by atoms with Crippen molar-refractivity contribution in [3.05, 3.63) is 29.1 Å². The van der Waals surface area contributed by atoms with Crippen molar-refractivity contribution in [3.8, 4) is 0 Å². The Bertz CT molecular complexity index is 676. The van der Waals surface area contributed by atoms with E-state index in [4.69, 9.17) is 0 Å². The largest absolute Gasteiger partial charge is 0.406 e. The standard InChI is InChI=1S/C17H20F3N3O2/c18-17(19,20)10-23-9-3-6-14(16(23)25)22-15(24)13-8-7-11-4-1-2-5-12(11)21-13/h7-8,14H,1-6,9-10H2,(H,22,24). The molecule has 5 nitrogen and oxygen atoms in total. The Labute approximate surface area is 143 Å². The predicted molar refractivity (Wildman–Crippen MR) is 84.0 cm³/mol. The molecule has 0 saturated carbocycles. The van der Waals surface area contributed by atoms with E-state index >= 15 is 0 Å². The number of likely N-dealkylation sites (tertiary alicyclic amines) is 1. The van der Waals surface area contributed by atoms with E-state index in [0.29, 0.717) is 12.8 Å². The van der Waals surface area contributed by atoms with Crippen LogP contribution < -0.4 is 5.32 Å². The Kier molecular flexibility index (Phi) is 4.96. The van der Waals surface area contributed by atoms with E-state index in [1.54, 1.807) is 6.07 Å². The first-order valence-corrected chi connectivity index (χ1v) is 8.49. The molecule has 0 bridgehead atoms. The minimum atomic E-state index is -4.44. The smallest absolute Gasteiger partial charge is 0.339 e. The lowest BCUT2D eigenvalue weighted by molar-refractivity contribution is -0.164. The van der Waals surface area contributed by atoms with E-state index in [-0.39, 0.29) is 12.2 Å². The Hall–Kier alpha value is -2.12. The van der Waals surface area contributed by atoms with Crippen molar-refractivity contribution in [3.63, 3.8) is 0 Å². The Morgan fingerprint density at radius 3 is 2.76 bits per heavy atom. The van der Waals surface area contributed by atoms with Crippen LogP contribution in [0.2, 0.25) is 0 Å². The van der Waals surface area contributed by atoms with Gasteiger partial charge in [0.25, 0.3) is 5.91 Å². The van der Waals surface area contributed by atoms with Gasteiger partial charge in [-0.25, -0.2) is 4.98 Å². The van der Waals surface area contributed by atoms with Crippen molar-refractivity contribution in [2.45, 2.75) is 50.7 Å². The summed E-state index contributed by atoms with van der Waals surface area (Å²) in [5.74, 6) is -1.20. The fourth-order valence-corrected chi connectivity index (χ4v) is 3.39. The van der Waals surface area contributed by atoms with E-state index < -0.39 is 30.6 Å². The Balaban J connectivity index is 1.67. The second-order valence-electron chi connectivity index (χ2n) is 6.55. The van der Waals surface area contributed by atoms with Crippen molar-refractivity contribution in [1.29, 1.82) is 0 Å². The first kappa shape index (κ1) is 17.7. The maximum Gasteiger partial charge on any atom is 0.406 e. The number of halogens is 3. The van der Waals surface area contributed by atoms with E-state index in [9.17, 15) is 22.8 Å². The molecule has 2 amide bonds. The molecule has 1 aliphatic heterocycles. The number of hydrogen-bond donors (Lipinski definition) is 1. The van der Waals surface area contributed by atoms with Gasteiger partial charge in [-0.3, -0.25) is 9.59 Å². The third-order valence-electron chi connectivity index (χ3n) is 4.62. The van der Waals surface area contributed by atoms with Crippen LogP contribution in [0.25, 0.3) is 0 Å². The van der Waals surface area contributed by atoms with Gasteiger partial charge in [-0.1, -0.05) is 6.07 Å². The maximum atomic E-state index is 12.5. The summed E-state index contributed by atoms with van der Waals surface area (Å²) in [4.78, 5) is 29.7. The number of rotatable bonds is 3. The van der Waals surface area contributed by atoms with Gasteiger partial charge in [-0.2, -0.15) is 13.2 Å². The molecule has 0 spiro atoms. The van der Waals surface area contributed by atoms with Crippen LogP contribution in [-0.4, -0.2) is 47.0 Å². The average molecular weight is 355 g/mol. The van der Waals surface area contributed by atoms with Crippen LogP contribution in [0.4, 0.5) is 13.2 Å². The number of aryl methyl sites for hydroxylation is 2. The minimum Gasteiger partial charge on any atom is -0.339 e. The van der Waals surface area contributed by atoms with Crippen molar-refractivity contribution >= 4 is 11.8 Å². The fraction of sp³-hybridized carbons (Fsp3) is 0.588. The van der Waals surface area contributed by atoms with Crippen molar-refractivity contribution < 1.29 is 22.8 Å². The highest BCUT2D eigenvalue weighted by Crippen LogP contribution is 2.22. The zero-order valence-corrected chi connectivity index (χ0v) is 13.7. The summed E-state index contributed by atoms with van der Waals surface area (Å²) in [6, 6.07) is 2.55.